The van der Waals surface area contributed by atoms with Crippen LogP contribution >= 0.6 is 0 Å². The molecule has 5 heteroatoms. The third-order valence-corrected chi connectivity index (χ3v) is 4.71. The Morgan fingerprint density at radius 2 is 2.08 bits per heavy atom. The van der Waals surface area contributed by atoms with Crippen molar-refractivity contribution in [3.8, 4) is 0 Å². The summed E-state index contributed by atoms with van der Waals surface area (Å²) in [6.45, 7) is 11.2. The number of rotatable bonds is 4. The molecule has 0 spiro atoms. The van der Waals surface area contributed by atoms with Gasteiger partial charge in [-0.25, -0.2) is 9.18 Å². The summed E-state index contributed by atoms with van der Waals surface area (Å²) >= 11 is 0. The van der Waals surface area contributed by atoms with Gasteiger partial charge in [-0.15, -0.1) is 0 Å². The smallest absolute Gasteiger partial charge is 0.341 e. The first kappa shape index (κ1) is 18.3. The number of esters is 1. The van der Waals surface area contributed by atoms with E-state index >= 15 is 0 Å². The monoisotopic (exact) mass is 348 g/mol. The predicted octanol–water partition coefficient (Wildman–Crippen LogP) is 3.45. The molecule has 25 heavy (non-hydrogen) atoms. The SMILES string of the molecule is CC1CN(Cc2cc(F)c(C(=O)OC(C)(C)C)cc2C2CC2)CCN1. The van der Waals surface area contributed by atoms with Crippen LogP contribution in [0, 0.1) is 5.82 Å². The third kappa shape index (κ3) is 4.79. The predicted molar refractivity (Wildman–Crippen MR) is 96.3 cm³/mol. The lowest BCUT2D eigenvalue weighted by Crippen LogP contribution is -2.48. The van der Waals surface area contributed by atoms with Gasteiger partial charge >= 0.3 is 5.97 Å². The van der Waals surface area contributed by atoms with Crippen molar-refractivity contribution < 1.29 is 13.9 Å². The summed E-state index contributed by atoms with van der Waals surface area (Å²) in [5.41, 5.74) is 1.57. The highest BCUT2D eigenvalue weighted by atomic mass is 19.1. The van der Waals surface area contributed by atoms with E-state index in [0.29, 0.717) is 12.0 Å². The first-order chi connectivity index (χ1) is 11.7. The van der Waals surface area contributed by atoms with Gasteiger partial charge in [-0.3, -0.25) is 4.90 Å². The molecule has 2 fully saturated rings. The second-order valence-electron chi connectivity index (χ2n) is 8.40. The Morgan fingerprint density at radius 3 is 2.68 bits per heavy atom. The fourth-order valence-corrected chi connectivity index (χ4v) is 3.43. The van der Waals surface area contributed by atoms with Crippen LogP contribution in [0.4, 0.5) is 4.39 Å². The van der Waals surface area contributed by atoms with Crippen molar-refractivity contribution in [2.24, 2.45) is 0 Å². The summed E-state index contributed by atoms with van der Waals surface area (Å²) < 4.78 is 20.0. The van der Waals surface area contributed by atoms with Gasteiger partial charge in [-0.05, 0) is 69.7 Å². The molecule has 0 radical (unpaired) electrons. The summed E-state index contributed by atoms with van der Waals surface area (Å²) in [6.07, 6.45) is 2.23. The molecule has 1 saturated heterocycles. The Morgan fingerprint density at radius 1 is 1.36 bits per heavy atom. The number of benzene rings is 1. The molecule has 1 heterocycles. The van der Waals surface area contributed by atoms with E-state index in [1.807, 2.05) is 0 Å². The van der Waals surface area contributed by atoms with E-state index in [1.165, 1.54) is 0 Å². The number of nitrogens with one attached hydrogen (secondary N) is 1. The van der Waals surface area contributed by atoms with Crippen LogP contribution in [0.15, 0.2) is 12.1 Å². The molecule has 4 nitrogen and oxygen atoms in total. The van der Waals surface area contributed by atoms with Crippen molar-refractivity contribution in [1.29, 1.82) is 0 Å². The van der Waals surface area contributed by atoms with Crippen molar-refractivity contribution in [1.82, 2.24) is 10.2 Å². The first-order valence-electron chi connectivity index (χ1n) is 9.24. The number of hydrogen-bond donors (Lipinski definition) is 1. The van der Waals surface area contributed by atoms with Crippen LogP contribution in [0.25, 0.3) is 0 Å². The van der Waals surface area contributed by atoms with Gasteiger partial charge in [0.1, 0.15) is 11.4 Å². The average molecular weight is 348 g/mol. The van der Waals surface area contributed by atoms with E-state index in [1.54, 1.807) is 32.9 Å². The zero-order chi connectivity index (χ0) is 18.2. The number of nitrogens with zero attached hydrogens (tertiary/aromatic N) is 1. The maximum atomic E-state index is 14.6. The molecule has 1 unspecified atom stereocenters. The molecule has 1 aromatic carbocycles. The fraction of sp³-hybridized carbons (Fsp3) is 0.650. The molecule has 3 rings (SSSR count). The largest absolute Gasteiger partial charge is 0.456 e. The Kier molecular flexibility index (Phi) is 5.16. The van der Waals surface area contributed by atoms with Gasteiger partial charge in [0.25, 0.3) is 0 Å². The molecule has 0 aromatic heterocycles. The van der Waals surface area contributed by atoms with Gasteiger partial charge in [-0.1, -0.05) is 0 Å². The van der Waals surface area contributed by atoms with Crippen LogP contribution in [-0.4, -0.2) is 42.1 Å². The molecular weight excluding hydrogens is 319 g/mol. The lowest BCUT2D eigenvalue weighted by atomic mass is 9.98. The zero-order valence-electron chi connectivity index (χ0n) is 15.7. The summed E-state index contributed by atoms with van der Waals surface area (Å²) in [4.78, 5) is 14.7. The summed E-state index contributed by atoms with van der Waals surface area (Å²) in [6, 6.07) is 3.74. The molecule has 1 atom stereocenters. The van der Waals surface area contributed by atoms with Crippen molar-refractivity contribution in [3.05, 3.63) is 34.6 Å². The van der Waals surface area contributed by atoms with Gasteiger partial charge in [-0.2, -0.15) is 0 Å². The minimum Gasteiger partial charge on any atom is -0.456 e. The molecular formula is C20H29FN2O2. The number of carbonyl (C=O) groups excluding carboxylic acids is 1. The van der Waals surface area contributed by atoms with Gasteiger partial charge in [0.2, 0.25) is 0 Å². The molecule has 138 valence electrons. The van der Waals surface area contributed by atoms with Crippen molar-refractivity contribution in [3.63, 3.8) is 0 Å². The number of carbonyl (C=O) groups is 1. The minimum absolute atomic E-state index is 0.0641. The van der Waals surface area contributed by atoms with E-state index in [4.69, 9.17) is 4.74 Å². The van der Waals surface area contributed by atoms with Crippen molar-refractivity contribution in [2.45, 2.75) is 64.6 Å². The van der Waals surface area contributed by atoms with Crippen molar-refractivity contribution >= 4 is 5.97 Å². The number of halogens is 1. The highest BCUT2D eigenvalue weighted by Gasteiger charge is 2.30. The average Bonchev–Trinajstić information content (AvgIpc) is 3.30. The third-order valence-electron chi connectivity index (χ3n) is 4.71. The lowest BCUT2D eigenvalue weighted by molar-refractivity contribution is 0.00645. The Labute approximate surface area is 149 Å². The molecule has 1 aliphatic heterocycles. The highest BCUT2D eigenvalue weighted by molar-refractivity contribution is 5.90. The highest BCUT2D eigenvalue weighted by Crippen LogP contribution is 2.43. The van der Waals surface area contributed by atoms with Crippen LogP contribution in [0.2, 0.25) is 0 Å². The summed E-state index contributed by atoms with van der Waals surface area (Å²) in [5, 5.41) is 3.43. The van der Waals surface area contributed by atoms with E-state index < -0.39 is 17.4 Å². The quantitative estimate of drug-likeness (QED) is 0.846. The Bertz CT molecular complexity index is 650. The van der Waals surface area contributed by atoms with Crippen LogP contribution in [0.3, 0.4) is 0 Å². The lowest BCUT2D eigenvalue weighted by Gasteiger charge is -2.32. The molecule has 0 bridgehead atoms. The van der Waals surface area contributed by atoms with Crippen LogP contribution in [0.5, 0.6) is 0 Å². The molecule has 1 N–H and O–H groups in total. The van der Waals surface area contributed by atoms with Gasteiger partial charge in [0.15, 0.2) is 0 Å². The van der Waals surface area contributed by atoms with E-state index in [0.717, 1.165) is 50.1 Å². The fourth-order valence-electron chi connectivity index (χ4n) is 3.43. The minimum atomic E-state index is -0.626. The maximum Gasteiger partial charge on any atom is 0.341 e. The maximum absolute atomic E-state index is 14.6. The van der Waals surface area contributed by atoms with Crippen molar-refractivity contribution in [2.75, 3.05) is 19.6 Å². The van der Waals surface area contributed by atoms with E-state index in [9.17, 15) is 9.18 Å². The van der Waals surface area contributed by atoms with Gasteiger partial charge in [0, 0.05) is 32.2 Å². The second kappa shape index (κ2) is 7.04. The molecule has 2 aliphatic rings. The van der Waals surface area contributed by atoms with Crippen LogP contribution < -0.4 is 5.32 Å². The number of hydrogen-bond acceptors (Lipinski definition) is 4. The second-order valence-corrected chi connectivity index (χ2v) is 8.40. The molecule has 1 aliphatic carbocycles. The Hall–Kier alpha value is -1.46. The standard InChI is InChI=1S/C20H29FN2O2/c1-13-11-23(8-7-22-13)12-15-9-18(21)17(10-16(15)14-5-6-14)19(24)25-20(2,3)4/h9-10,13-14,22H,5-8,11-12H2,1-4H3. The van der Waals surface area contributed by atoms with E-state index in [-0.39, 0.29) is 5.56 Å². The first-order valence-corrected chi connectivity index (χ1v) is 9.24. The van der Waals surface area contributed by atoms with Gasteiger partial charge < -0.3 is 10.1 Å². The van der Waals surface area contributed by atoms with Gasteiger partial charge in [0.05, 0.1) is 5.56 Å². The van der Waals surface area contributed by atoms with Crippen LogP contribution in [0.1, 0.15) is 67.9 Å². The number of piperazine rings is 1. The molecule has 1 saturated carbocycles. The summed E-state index contributed by atoms with van der Waals surface area (Å²) in [5.74, 6) is -0.594. The topological polar surface area (TPSA) is 41.6 Å². The molecule has 0 amide bonds. The summed E-state index contributed by atoms with van der Waals surface area (Å²) in [7, 11) is 0. The number of ether oxygens (including phenoxy) is 1. The molecule has 1 aromatic rings. The normalized spacial score (nSPS) is 22.0. The van der Waals surface area contributed by atoms with E-state index in [2.05, 4.69) is 17.1 Å². The zero-order valence-corrected chi connectivity index (χ0v) is 15.7. The Balaban J connectivity index is 1.84. The van der Waals surface area contributed by atoms with Crippen LogP contribution in [-0.2, 0) is 11.3 Å².